The Hall–Kier alpha value is -1.94. The van der Waals surface area contributed by atoms with Crippen LogP contribution >= 0.6 is 0 Å². The first kappa shape index (κ1) is 18.8. The molecular formula is C22H32N4. The molecule has 0 fully saturated rings. The minimum Gasteiger partial charge on any atom is -0.324 e. The van der Waals surface area contributed by atoms with Gasteiger partial charge in [0, 0.05) is 36.6 Å². The average molecular weight is 353 g/mol. The van der Waals surface area contributed by atoms with Crippen molar-refractivity contribution in [2.24, 2.45) is 5.92 Å². The molecule has 26 heavy (non-hydrogen) atoms. The zero-order valence-electron chi connectivity index (χ0n) is 16.8. The molecule has 0 saturated carbocycles. The Morgan fingerprint density at radius 1 is 1.12 bits per heavy atom. The van der Waals surface area contributed by atoms with Crippen LogP contribution in [-0.4, -0.2) is 20.9 Å². The number of nitrogens with one attached hydrogen (secondary N) is 1. The lowest BCUT2D eigenvalue weighted by molar-refractivity contribution is 0.163. The number of benzene rings is 1. The number of hydrogen-bond acceptors (Lipinski definition) is 4. The summed E-state index contributed by atoms with van der Waals surface area (Å²) < 4.78 is 0. The first-order valence-electron chi connectivity index (χ1n) is 9.88. The van der Waals surface area contributed by atoms with Gasteiger partial charge in [0.05, 0.1) is 5.69 Å². The van der Waals surface area contributed by atoms with Crippen molar-refractivity contribution in [3.05, 3.63) is 46.8 Å². The summed E-state index contributed by atoms with van der Waals surface area (Å²) in [6.45, 7) is 13.1. The Morgan fingerprint density at radius 2 is 1.85 bits per heavy atom. The average Bonchev–Trinajstić information content (AvgIpc) is 2.96. The largest absolute Gasteiger partial charge is 0.324 e. The molecule has 0 bridgehead atoms. The molecule has 2 aromatic rings. The third-order valence-corrected chi connectivity index (χ3v) is 5.04. The van der Waals surface area contributed by atoms with Gasteiger partial charge in [0.25, 0.3) is 0 Å². The number of rotatable bonds is 7. The topological polar surface area (TPSA) is 41.1 Å². The molecule has 4 nitrogen and oxygen atoms in total. The van der Waals surface area contributed by atoms with Gasteiger partial charge in [0.2, 0.25) is 5.95 Å². The van der Waals surface area contributed by atoms with Crippen LogP contribution in [0.4, 0.5) is 11.6 Å². The van der Waals surface area contributed by atoms with Gasteiger partial charge in [0.15, 0.2) is 0 Å². The van der Waals surface area contributed by atoms with Crippen molar-refractivity contribution in [1.82, 2.24) is 14.9 Å². The van der Waals surface area contributed by atoms with Crippen molar-refractivity contribution in [2.75, 3.05) is 5.32 Å². The molecule has 4 heteroatoms. The van der Waals surface area contributed by atoms with Gasteiger partial charge >= 0.3 is 0 Å². The second-order valence-corrected chi connectivity index (χ2v) is 8.14. The summed E-state index contributed by atoms with van der Waals surface area (Å²) in [7, 11) is 0. The van der Waals surface area contributed by atoms with Crippen molar-refractivity contribution in [2.45, 2.75) is 73.0 Å². The smallest absolute Gasteiger partial charge is 0.227 e. The molecule has 140 valence electrons. The lowest BCUT2D eigenvalue weighted by atomic mass is 9.99. The highest BCUT2D eigenvalue weighted by atomic mass is 15.2. The van der Waals surface area contributed by atoms with Crippen LogP contribution in [-0.2, 0) is 13.1 Å². The maximum absolute atomic E-state index is 4.82. The highest BCUT2D eigenvalue weighted by Crippen LogP contribution is 2.28. The molecule has 1 aliphatic rings. The zero-order valence-corrected chi connectivity index (χ0v) is 16.8. The predicted octanol–water partition coefficient (Wildman–Crippen LogP) is 5.37. The summed E-state index contributed by atoms with van der Waals surface area (Å²) in [5, 5.41) is 3.38. The number of fused-ring (bicyclic) bond motifs is 1. The summed E-state index contributed by atoms with van der Waals surface area (Å²) >= 11 is 0. The fourth-order valence-corrected chi connectivity index (χ4v) is 4.00. The van der Waals surface area contributed by atoms with E-state index in [1.54, 1.807) is 0 Å². The molecular weight excluding hydrogens is 320 g/mol. The van der Waals surface area contributed by atoms with Crippen molar-refractivity contribution in [1.29, 1.82) is 0 Å². The standard InChI is InChI=1S/C22H32N4/c1-6-7-20(8-15(2)3)26-13-18-12-23-22(25-21(18)14-26)24-19-10-16(4)9-17(5)11-19/h9-12,15,20H,6-8,13-14H2,1-5H3,(H,23,24,25)/t20-/m0/s1. The van der Waals surface area contributed by atoms with Gasteiger partial charge in [-0.05, 0) is 55.9 Å². The zero-order chi connectivity index (χ0) is 18.7. The van der Waals surface area contributed by atoms with E-state index in [0.29, 0.717) is 12.0 Å². The summed E-state index contributed by atoms with van der Waals surface area (Å²) in [6, 6.07) is 7.09. The van der Waals surface area contributed by atoms with Crippen molar-refractivity contribution in [3.63, 3.8) is 0 Å². The summed E-state index contributed by atoms with van der Waals surface area (Å²) in [6.07, 6.45) is 5.75. The fourth-order valence-electron chi connectivity index (χ4n) is 4.00. The Kier molecular flexibility index (Phi) is 5.92. The predicted molar refractivity (Wildman–Crippen MR) is 109 cm³/mol. The molecule has 1 aromatic heterocycles. The molecule has 0 spiro atoms. The van der Waals surface area contributed by atoms with E-state index < -0.39 is 0 Å². The lowest BCUT2D eigenvalue weighted by Gasteiger charge is -2.28. The van der Waals surface area contributed by atoms with Crippen molar-refractivity contribution < 1.29 is 0 Å². The SMILES string of the molecule is CCC[C@@H](CC(C)C)N1Cc2cnc(Nc3cc(C)cc(C)c3)nc2C1. The van der Waals surface area contributed by atoms with Crippen LogP contribution in [0.1, 0.15) is 62.4 Å². The van der Waals surface area contributed by atoms with E-state index in [1.807, 2.05) is 6.20 Å². The highest BCUT2D eigenvalue weighted by Gasteiger charge is 2.27. The first-order valence-corrected chi connectivity index (χ1v) is 9.88. The first-order chi connectivity index (χ1) is 12.4. The Morgan fingerprint density at radius 3 is 2.50 bits per heavy atom. The second-order valence-electron chi connectivity index (χ2n) is 8.14. The lowest BCUT2D eigenvalue weighted by Crippen LogP contribution is -2.31. The van der Waals surface area contributed by atoms with Gasteiger partial charge in [-0.1, -0.05) is 33.3 Å². The van der Waals surface area contributed by atoms with Crippen molar-refractivity contribution >= 4 is 11.6 Å². The molecule has 1 N–H and O–H groups in total. The summed E-state index contributed by atoms with van der Waals surface area (Å²) in [5.74, 6) is 1.43. The summed E-state index contributed by atoms with van der Waals surface area (Å²) in [4.78, 5) is 12.0. The maximum Gasteiger partial charge on any atom is 0.227 e. The van der Waals surface area contributed by atoms with Gasteiger partial charge in [-0.15, -0.1) is 0 Å². The third kappa shape index (κ3) is 4.61. The number of nitrogens with zero attached hydrogens (tertiary/aromatic N) is 3. The Balaban J connectivity index is 1.73. The minimum absolute atomic E-state index is 0.644. The fraction of sp³-hybridized carbons (Fsp3) is 0.545. The van der Waals surface area contributed by atoms with Gasteiger partial charge in [-0.25, -0.2) is 9.97 Å². The molecule has 3 rings (SSSR count). The van der Waals surface area contributed by atoms with E-state index >= 15 is 0 Å². The van der Waals surface area contributed by atoms with Crippen LogP contribution < -0.4 is 5.32 Å². The van der Waals surface area contributed by atoms with E-state index in [4.69, 9.17) is 4.98 Å². The molecule has 1 atom stereocenters. The minimum atomic E-state index is 0.644. The Bertz CT molecular complexity index is 734. The van der Waals surface area contributed by atoms with E-state index in [9.17, 15) is 0 Å². The maximum atomic E-state index is 4.82. The van der Waals surface area contributed by atoms with Crippen LogP contribution in [0.15, 0.2) is 24.4 Å². The molecule has 1 aromatic carbocycles. The van der Waals surface area contributed by atoms with Crippen LogP contribution in [0, 0.1) is 19.8 Å². The highest BCUT2D eigenvalue weighted by molar-refractivity contribution is 5.56. The van der Waals surface area contributed by atoms with Crippen LogP contribution in [0.3, 0.4) is 0 Å². The van der Waals surface area contributed by atoms with Crippen LogP contribution in [0.5, 0.6) is 0 Å². The van der Waals surface area contributed by atoms with Crippen molar-refractivity contribution in [3.8, 4) is 0 Å². The van der Waals surface area contributed by atoms with Gasteiger partial charge < -0.3 is 5.32 Å². The van der Waals surface area contributed by atoms with Gasteiger partial charge in [-0.3, -0.25) is 4.90 Å². The van der Waals surface area contributed by atoms with E-state index in [2.05, 4.69) is 68.0 Å². The normalized spacial score (nSPS) is 15.3. The molecule has 0 amide bonds. The molecule has 0 aliphatic carbocycles. The third-order valence-electron chi connectivity index (χ3n) is 5.04. The number of aryl methyl sites for hydroxylation is 2. The summed E-state index contributed by atoms with van der Waals surface area (Å²) in [5.41, 5.74) is 6.00. The van der Waals surface area contributed by atoms with Crippen LogP contribution in [0.2, 0.25) is 0 Å². The van der Waals surface area contributed by atoms with E-state index in [-0.39, 0.29) is 0 Å². The number of hydrogen-bond donors (Lipinski definition) is 1. The number of aromatic nitrogens is 2. The molecule has 0 unspecified atom stereocenters. The number of anilines is 2. The molecule has 2 heterocycles. The van der Waals surface area contributed by atoms with Crippen LogP contribution in [0.25, 0.3) is 0 Å². The van der Waals surface area contributed by atoms with E-state index in [0.717, 1.165) is 24.7 Å². The van der Waals surface area contributed by atoms with E-state index in [1.165, 1.54) is 41.6 Å². The molecule has 1 aliphatic heterocycles. The molecule has 0 radical (unpaired) electrons. The quantitative estimate of drug-likeness (QED) is 0.727. The Labute approximate surface area is 158 Å². The van der Waals surface area contributed by atoms with Gasteiger partial charge in [-0.2, -0.15) is 0 Å². The molecule has 0 saturated heterocycles. The second kappa shape index (κ2) is 8.17. The van der Waals surface area contributed by atoms with Gasteiger partial charge in [0.1, 0.15) is 0 Å². The monoisotopic (exact) mass is 352 g/mol.